The molecule has 0 aromatic heterocycles. The molecule has 5 nitrogen and oxygen atoms in total. The van der Waals surface area contributed by atoms with Gasteiger partial charge in [-0.3, -0.25) is 4.99 Å². The van der Waals surface area contributed by atoms with E-state index < -0.39 is 0 Å². The summed E-state index contributed by atoms with van der Waals surface area (Å²) in [6.45, 7) is 6.68. The third kappa shape index (κ3) is 10.1. The summed E-state index contributed by atoms with van der Waals surface area (Å²) in [5.74, 6) is 0.945. The predicted octanol–water partition coefficient (Wildman–Crippen LogP) is 1.85. The highest BCUT2D eigenvalue weighted by atomic mass is 127. The van der Waals surface area contributed by atoms with Gasteiger partial charge in [0.25, 0.3) is 0 Å². The summed E-state index contributed by atoms with van der Waals surface area (Å²) < 4.78 is 5.07. The molecule has 124 valence electrons. The zero-order valence-corrected chi connectivity index (χ0v) is 15.9. The van der Waals surface area contributed by atoms with Crippen molar-refractivity contribution in [3.63, 3.8) is 0 Å². The summed E-state index contributed by atoms with van der Waals surface area (Å²) in [6.07, 6.45) is 7.73. The molecule has 0 unspecified atom stereocenters. The lowest BCUT2D eigenvalue weighted by atomic mass is 10.2. The van der Waals surface area contributed by atoms with E-state index >= 15 is 0 Å². The third-order valence-electron chi connectivity index (χ3n) is 3.34. The van der Waals surface area contributed by atoms with Crippen molar-refractivity contribution < 1.29 is 4.74 Å². The number of hydrogen-bond acceptors (Lipinski definition) is 3. The van der Waals surface area contributed by atoms with Crippen molar-refractivity contribution in [2.75, 3.05) is 46.9 Å². The highest BCUT2D eigenvalue weighted by Gasteiger charge is 2.11. The van der Waals surface area contributed by atoms with Gasteiger partial charge >= 0.3 is 0 Å². The molecular weight excluding hydrogens is 379 g/mol. The van der Waals surface area contributed by atoms with E-state index in [1.165, 1.54) is 0 Å². The van der Waals surface area contributed by atoms with Crippen LogP contribution in [0.25, 0.3) is 0 Å². The Balaban J connectivity index is 0.00000400. The quantitative estimate of drug-likeness (QED) is 0.200. The average Bonchev–Trinajstić information content (AvgIpc) is 2.94. The van der Waals surface area contributed by atoms with Gasteiger partial charge in [-0.25, -0.2) is 0 Å². The van der Waals surface area contributed by atoms with Crippen molar-refractivity contribution in [2.24, 2.45) is 4.99 Å². The van der Waals surface area contributed by atoms with Crippen LogP contribution >= 0.6 is 24.0 Å². The summed E-state index contributed by atoms with van der Waals surface area (Å²) in [7, 11) is 3.86. The molecule has 1 aliphatic rings. The first-order valence-corrected chi connectivity index (χ1v) is 7.63. The fraction of sp³-hybridized carbons (Fsp3) is 0.800. The number of ether oxygens (including phenoxy) is 1. The van der Waals surface area contributed by atoms with Crippen molar-refractivity contribution in [1.82, 2.24) is 15.5 Å². The Labute approximate surface area is 146 Å². The van der Waals surface area contributed by atoms with E-state index in [9.17, 15) is 0 Å². The fourth-order valence-corrected chi connectivity index (χ4v) is 2.14. The predicted molar refractivity (Wildman–Crippen MR) is 101 cm³/mol. The second kappa shape index (κ2) is 13.3. The topological polar surface area (TPSA) is 48.9 Å². The van der Waals surface area contributed by atoms with Gasteiger partial charge in [0, 0.05) is 32.8 Å². The number of aliphatic imine (C=N–C) groups is 1. The minimum Gasteiger partial charge on any atom is -0.383 e. The standard InChI is InChI=1S/C15H30N4O.HI/c1-4-16-15(18-14-8-5-6-9-14)17-10-7-11-19(2)12-13-20-3;/h5-6,14H,4,7-13H2,1-3H3,(H2,16,17,18);1H. The summed E-state index contributed by atoms with van der Waals surface area (Å²) in [4.78, 5) is 6.92. The third-order valence-corrected chi connectivity index (χ3v) is 3.34. The Kier molecular flexibility index (Phi) is 13.1. The van der Waals surface area contributed by atoms with Crippen molar-refractivity contribution in [1.29, 1.82) is 0 Å². The molecule has 0 atom stereocenters. The normalized spacial score (nSPS) is 15.3. The maximum absolute atomic E-state index is 5.07. The molecule has 6 heteroatoms. The number of rotatable bonds is 9. The van der Waals surface area contributed by atoms with Crippen LogP contribution in [0, 0.1) is 0 Å². The van der Waals surface area contributed by atoms with Crippen LogP contribution in [0.3, 0.4) is 0 Å². The Morgan fingerprint density at radius 1 is 1.33 bits per heavy atom. The number of guanidine groups is 1. The molecule has 0 aromatic rings. The van der Waals surface area contributed by atoms with Gasteiger partial charge in [0.2, 0.25) is 0 Å². The van der Waals surface area contributed by atoms with Gasteiger partial charge in [0.1, 0.15) is 0 Å². The number of halogens is 1. The van der Waals surface area contributed by atoms with E-state index in [4.69, 9.17) is 4.74 Å². The number of nitrogens with zero attached hydrogens (tertiary/aromatic N) is 2. The molecule has 0 aromatic carbocycles. The zero-order valence-electron chi connectivity index (χ0n) is 13.6. The lowest BCUT2D eigenvalue weighted by molar-refractivity contribution is 0.161. The fourth-order valence-electron chi connectivity index (χ4n) is 2.14. The van der Waals surface area contributed by atoms with Gasteiger partial charge in [-0.2, -0.15) is 0 Å². The van der Waals surface area contributed by atoms with Gasteiger partial charge < -0.3 is 20.3 Å². The second-order valence-electron chi connectivity index (χ2n) is 5.19. The first-order chi connectivity index (χ1) is 9.76. The van der Waals surface area contributed by atoms with Gasteiger partial charge in [-0.1, -0.05) is 12.2 Å². The van der Waals surface area contributed by atoms with Gasteiger partial charge in [0.05, 0.1) is 6.61 Å². The minimum atomic E-state index is 0. The Hall–Kier alpha value is -0.340. The maximum atomic E-state index is 5.07. The van der Waals surface area contributed by atoms with Crippen LogP contribution in [0.2, 0.25) is 0 Å². The molecule has 0 heterocycles. The molecule has 0 saturated carbocycles. The van der Waals surface area contributed by atoms with Crippen LogP contribution in [0.5, 0.6) is 0 Å². The van der Waals surface area contributed by atoms with Gasteiger partial charge in [0.15, 0.2) is 5.96 Å². The minimum absolute atomic E-state index is 0. The summed E-state index contributed by atoms with van der Waals surface area (Å²) in [6, 6.07) is 0.511. The summed E-state index contributed by atoms with van der Waals surface area (Å²) >= 11 is 0. The van der Waals surface area contributed by atoms with Crippen molar-refractivity contribution in [2.45, 2.75) is 32.2 Å². The zero-order chi connectivity index (χ0) is 14.6. The monoisotopic (exact) mass is 410 g/mol. The molecule has 0 amide bonds. The smallest absolute Gasteiger partial charge is 0.191 e. The maximum Gasteiger partial charge on any atom is 0.191 e. The molecule has 1 rings (SSSR count). The molecule has 0 radical (unpaired) electrons. The largest absolute Gasteiger partial charge is 0.383 e. The van der Waals surface area contributed by atoms with E-state index in [0.717, 1.165) is 58.0 Å². The lowest BCUT2D eigenvalue weighted by Crippen LogP contribution is -2.42. The summed E-state index contributed by atoms with van der Waals surface area (Å²) in [5.41, 5.74) is 0. The average molecular weight is 410 g/mol. The van der Waals surface area contributed by atoms with Crippen molar-refractivity contribution in [3.8, 4) is 0 Å². The highest BCUT2D eigenvalue weighted by Crippen LogP contribution is 2.08. The SMILES string of the molecule is CCNC(=NCCCN(C)CCOC)NC1CC=CC1.I. The molecule has 0 aliphatic heterocycles. The second-order valence-corrected chi connectivity index (χ2v) is 5.19. The Morgan fingerprint density at radius 2 is 2.05 bits per heavy atom. The number of nitrogens with one attached hydrogen (secondary N) is 2. The molecule has 0 saturated heterocycles. The summed E-state index contributed by atoms with van der Waals surface area (Å²) in [5, 5.41) is 6.79. The van der Waals surface area contributed by atoms with Crippen molar-refractivity contribution >= 4 is 29.9 Å². The number of methoxy groups -OCH3 is 1. The molecule has 0 spiro atoms. The molecular formula is C15H31IN4O. The highest BCUT2D eigenvalue weighted by molar-refractivity contribution is 14.0. The molecule has 21 heavy (non-hydrogen) atoms. The van der Waals surface area contributed by atoms with Crippen LogP contribution < -0.4 is 10.6 Å². The number of likely N-dealkylation sites (N-methyl/N-ethyl adjacent to an activating group) is 1. The van der Waals surface area contributed by atoms with Crippen LogP contribution in [0.1, 0.15) is 26.2 Å². The van der Waals surface area contributed by atoms with E-state index in [1.807, 2.05) is 0 Å². The number of hydrogen-bond donors (Lipinski definition) is 2. The van der Waals surface area contributed by atoms with Gasteiger partial charge in [-0.15, -0.1) is 24.0 Å². The first-order valence-electron chi connectivity index (χ1n) is 7.63. The van der Waals surface area contributed by atoms with Gasteiger partial charge in [-0.05, 0) is 39.8 Å². The Morgan fingerprint density at radius 3 is 2.67 bits per heavy atom. The van der Waals surface area contributed by atoms with Crippen LogP contribution in [0.15, 0.2) is 17.1 Å². The molecule has 2 N–H and O–H groups in total. The molecule has 1 aliphatic carbocycles. The van der Waals surface area contributed by atoms with E-state index in [1.54, 1.807) is 7.11 Å². The van der Waals surface area contributed by atoms with E-state index in [-0.39, 0.29) is 24.0 Å². The first kappa shape index (κ1) is 20.7. The Bertz CT molecular complexity index is 302. The van der Waals surface area contributed by atoms with E-state index in [0.29, 0.717) is 6.04 Å². The lowest BCUT2D eigenvalue weighted by Gasteiger charge is -2.17. The van der Waals surface area contributed by atoms with Crippen molar-refractivity contribution in [3.05, 3.63) is 12.2 Å². The van der Waals surface area contributed by atoms with Crippen LogP contribution in [0.4, 0.5) is 0 Å². The van der Waals surface area contributed by atoms with E-state index in [2.05, 4.69) is 46.6 Å². The molecule has 0 fully saturated rings. The van der Waals surface area contributed by atoms with Crippen LogP contribution in [-0.2, 0) is 4.74 Å². The van der Waals surface area contributed by atoms with Crippen LogP contribution in [-0.4, -0.2) is 63.8 Å². The molecule has 0 bridgehead atoms.